The molecule has 0 bridgehead atoms. The number of nitrogens with one attached hydrogen (secondary N) is 1. The van der Waals surface area contributed by atoms with Gasteiger partial charge in [0.15, 0.2) is 0 Å². The van der Waals surface area contributed by atoms with Crippen LogP contribution in [-0.2, 0) is 0 Å². The lowest BCUT2D eigenvalue weighted by atomic mass is 10.2. The summed E-state index contributed by atoms with van der Waals surface area (Å²) in [6.07, 6.45) is 4.20. The summed E-state index contributed by atoms with van der Waals surface area (Å²) >= 11 is 0. The number of hydrogen-bond acceptors (Lipinski definition) is 6. The molecule has 0 amide bonds. The van der Waals surface area contributed by atoms with Crippen molar-refractivity contribution in [1.29, 1.82) is 0 Å². The molecule has 1 aromatic carbocycles. The van der Waals surface area contributed by atoms with Crippen LogP contribution in [0.2, 0.25) is 0 Å². The third-order valence-corrected chi connectivity index (χ3v) is 5.78. The summed E-state index contributed by atoms with van der Waals surface area (Å²) in [6, 6.07) is 9.53. The Bertz CT molecular complexity index is 695. The minimum absolute atomic E-state index is 0.565. The topological polar surface area (TPSA) is 71.9 Å². The zero-order chi connectivity index (χ0) is 16.4. The fraction of sp³-hybridized carbons (Fsp3) is 0.312. The molecule has 0 radical (unpaired) electrons. The van der Waals surface area contributed by atoms with Crippen LogP contribution in [0.3, 0.4) is 0 Å². The largest absolute Gasteiger partial charge is 0.320 e. The molecular weight excluding hydrogens is 312 g/mol. The number of rotatable bonds is 5. The first-order chi connectivity index (χ1) is 11.1. The Morgan fingerprint density at radius 3 is 2.57 bits per heavy atom. The fourth-order valence-electron chi connectivity index (χ4n) is 2.78. The van der Waals surface area contributed by atoms with Gasteiger partial charge in [-0.1, -0.05) is 12.1 Å². The predicted molar refractivity (Wildman–Crippen MR) is 96.3 cm³/mol. The molecule has 0 saturated heterocycles. The first-order valence-electron chi connectivity index (χ1n) is 7.58. The van der Waals surface area contributed by atoms with Crippen molar-refractivity contribution in [2.75, 3.05) is 28.7 Å². The van der Waals surface area contributed by atoms with Crippen molar-refractivity contribution >= 4 is 28.0 Å². The normalized spacial score (nSPS) is 17.2. The molecule has 2 heterocycles. The van der Waals surface area contributed by atoms with Crippen LogP contribution in [-0.4, -0.2) is 34.2 Å². The fourth-order valence-corrected chi connectivity index (χ4v) is 4.64. The average molecular weight is 334 g/mol. The summed E-state index contributed by atoms with van der Waals surface area (Å²) < 4.78 is 25.2. The lowest BCUT2D eigenvalue weighted by Crippen LogP contribution is -2.33. The van der Waals surface area contributed by atoms with E-state index in [9.17, 15) is 9.11 Å². The summed E-state index contributed by atoms with van der Waals surface area (Å²) in [5, 5.41) is 3.09. The van der Waals surface area contributed by atoms with E-state index in [1.54, 1.807) is 21.0 Å². The van der Waals surface area contributed by atoms with E-state index in [2.05, 4.69) is 10.3 Å². The van der Waals surface area contributed by atoms with Gasteiger partial charge in [-0.05, 0) is 61.7 Å². The number of aryl methyl sites for hydroxylation is 1. The van der Waals surface area contributed by atoms with E-state index in [0.717, 1.165) is 35.6 Å². The molecule has 1 aliphatic rings. The van der Waals surface area contributed by atoms with Crippen LogP contribution in [0.25, 0.3) is 0 Å². The summed E-state index contributed by atoms with van der Waals surface area (Å²) in [7, 11) is -1.25. The van der Waals surface area contributed by atoms with Crippen LogP contribution in [0, 0.1) is 6.92 Å². The van der Waals surface area contributed by atoms with Gasteiger partial charge < -0.3 is 5.32 Å². The molecule has 1 aromatic heterocycles. The zero-order valence-electron chi connectivity index (χ0n) is 13.3. The second kappa shape index (κ2) is 6.37. The minimum Gasteiger partial charge on any atom is -0.320 e. The second-order valence-electron chi connectivity index (χ2n) is 5.49. The predicted octanol–water partition coefficient (Wildman–Crippen LogP) is 3.54. The molecule has 2 aromatic rings. The van der Waals surface area contributed by atoms with Crippen LogP contribution in [0.15, 0.2) is 42.7 Å². The number of nitrogens with zero attached hydrogens (tertiary/aromatic N) is 3. The van der Waals surface area contributed by atoms with Crippen LogP contribution < -0.4 is 13.9 Å². The third-order valence-electron chi connectivity index (χ3n) is 3.93. The highest BCUT2D eigenvalue weighted by molar-refractivity contribution is 8.27. The van der Waals surface area contributed by atoms with E-state index < -0.39 is 11.0 Å². The molecule has 6 nitrogen and oxygen atoms in total. The molecular formula is C16H22N4O2S. The summed E-state index contributed by atoms with van der Waals surface area (Å²) in [5.74, 6) is 0. The molecule has 124 valence electrons. The van der Waals surface area contributed by atoms with Crippen molar-refractivity contribution in [2.45, 2.75) is 13.3 Å². The quantitative estimate of drug-likeness (QED) is 0.727. The van der Waals surface area contributed by atoms with E-state index >= 15 is 0 Å². The molecule has 0 saturated carbocycles. The molecule has 7 heteroatoms. The Morgan fingerprint density at radius 2 is 1.87 bits per heavy atom. The average Bonchev–Trinajstić information content (AvgIpc) is 2.76. The number of aromatic nitrogens is 1. The van der Waals surface area contributed by atoms with Gasteiger partial charge in [0.05, 0.1) is 23.3 Å². The molecule has 1 aliphatic heterocycles. The Morgan fingerprint density at radius 1 is 1.13 bits per heavy atom. The van der Waals surface area contributed by atoms with Crippen molar-refractivity contribution in [3.05, 3.63) is 48.3 Å². The number of para-hydroxylation sites is 2. The summed E-state index contributed by atoms with van der Waals surface area (Å²) in [5.41, 5.74) is 3.31. The molecule has 0 atom stereocenters. The number of anilines is 3. The van der Waals surface area contributed by atoms with E-state index in [0.29, 0.717) is 6.54 Å². The monoisotopic (exact) mass is 334 g/mol. The minimum atomic E-state index is -3.14. The van der Waals surface area contributed by atoms with Gasteiger partial charge in [-0.25, -0.2) is 4.31 Å². The lowest BCUT2D eigenvalue weighted by Gasteiger charge is -2.44. The Hall–Kier alpha value is -1.80. The van der Waals surface area contributed by atoms with Crippen molar-refractivity contribution in [2.24, 2.45) is 0 Å². The van der Waals surface area contributed by atoms with E-state index in [4.69, 9.17) is 0 Å². The SMILES string of the molecule is CNCCCN1c2ccccc2N(c2cnccc2C)S1(O)O. The van der Waals surface area contributed by atoms with Gasteiger partial charge in [0.2, 0.25) is 0 Å². The number of hydrogen-bond donors (Lipinski definition) is 3. The van der Waals surface area contributed by atoms with Gasteiger partial charge >= 0.3 is 0 Å². The van der Waals surface area contributed by atoms with Crippen LogP contribution in [0.4, 0.5) is 17.1 Å². The van der Waals surface area contributed by atoms with Gasteiger partial charge in [0.1, 0.15) is 0 Å². The van der Waals surface area contributed by atoms with Gasteiger partial charge in [-0.2, -0.15) is 0 Å². The molecule has 3 rings (SSSR count). The van der Waals surface area contributed by atoms with Crippen LogP contribution in [0.1, 0.15) is 12.0 Å². The highest BCUT2D eigenvalue weighted by Gasteiger charge is 2.41. The van der Waals surface area contributed by atoms with Gasteiger partial charge in [-0.3, -0.25) is 18.4 Å². The van der Waals surface area contributed by atoms with E-state index in [1.807, 2.05) is 44.3 Å². The van der Waals surface area contributed by atoms with Crippen molar-refractivity contribution < 1.29 is 9.11 Å². The van der Waals surface area contributed by atoms with E-state index in [-0.39, 0.29) is 0 Å². The molecule has 3 N–H and O–H groups in total. The third kappa shape index (κ3) is 2.76. The Balaban J connectivity index is 2.05. The van der Waals surface area contributed by atoms with Crippen LogP contribution in [0.5, 0.6) is 0 Å². The maximum atomic E-state index is 11.0. The van der Waals surface area contributed by atoms with Gasteiger partial charge in [-0.15, -0.1) is 0 Å². The van der Waals surface area contributed by atoms with Crippen molar-refractivity contribution in [3.63, 3.8) is 0 Å². The van der Waals surface area contributed by atoms with Crippen molar-refractivity contribution in [3.8, 4) is 0 Å². The highest BCUT2D eigenvalue weighted by Crippen LogP contribution is 2.64. The first-order valence-corrected chi connectivity index (χ1v) is 9.04. The lowest BCUT2D eigenvalue weighted by molar-refractivity contribution is 0.483. The Kier molecular flexibility index (Phi) is 4.45. The maximum Gasteiger partial charge on any atom is 0.0896 e. The first kappa shape index (κ1) is 16.1. The van der Waals surface area contributed by atoms with Crippen molar-refractivity contribution in [1.82, 2.24) is 10.3 Å². The molecule has 0 spiro atoms. The number of pyridine rings is 1. The number of benzene rings is 1. The number of fused-ring (bicyclic) bond motifs is 1. The second-order valence-corrected chi connectivity index (χ2v) is 7.28. The summed E-state index contributed by atoms with van der Waals surface area (Å²) in [6.45, 7) is 3.33. The van der Waals surface area contributed by atoms with Gasteiger partial charge in [0, 0.05) is 12.7 Å². The van der Waals surface area contributed by atoms with Crippen LogP contribution >= 0.6 is 11.0 Å². The smallest absolute Gasteiger partial charge is 0.0896 e. The molecule has 0 unspecified atom stereocenters. The van der Waals surface area contributed by atoms with E-state index in [1.165, 1.54) is 0 Å². The zero-order valence-corrected chi connectivity index (χ0v) is 14.1. The summed E-state index contributed by atoms with van der Waals surface area (Å²) in [4.78, 5) is 4.15. The molecule has 23 heavy (non-hydrogen) atoms. The standard InChI is InChI=1S/C16H22N4O2S/c1-13-8-10-18-12-16(13)20-15-7-4-3-6-14(15)19(23(20,21)22)11-5-9-17-2/h3-4,6-8,10,12,17,21-22H,5,9,11H2,1-2H3. The highest BCUT2D eigenvalue weighted by atomic mass is 32.3. The Labute approximate surface area is 138 Å². The maximum absolute atomic E-state index is 11.0. The molecule has 0 fully saturated rings. The van der Waals surface area contributed by atoms with Gasteiger partial charge in [0.25, 0.3) is 0 Å². The molecule has 0 aliphatic carbocycles.